The van der Waals surface area contributed by atoms with Gasteiger partial charge in [0.2, 0.25) is 0 Å². The number of rotatable bonds is 38. The van der Waals surface area contributed by atoms with Crippen LogP contribution in [0.3, 0.4) is 0 Å². The van der Waals surface area contributed by atoms with E-state index in [9.17, 15) is 0 Å². The summed E-state index contributed by atoms with van der Waals surface area (Å²) in [7, 11) is 1.65. The molecule has 1 unspecified atom stereocenters. The fourth-order valence-corrected chi connectivity index (χ4v) is 3.88. The van der Waals surface area contributed by atoms with Crippen LogP contribution in [0.15, 0.2) is 0 Å². The molecule has 0 aliphatic rings. The minimum Gasteiger partial charge on any atom is -0.382 e. The van der Waals surface area contributed by atoms with E-state index in [1.54, 1.807) is 7.11 Å². The topological polar surface area (TPSA) is 102 Å². The van der Waals surface area contributed by atoms with Crippen LogP contribution >= 0.6 is 0 Å². The highest BCUT2D eigenvalue weighted by atomic mass is 16.6. The SMILES string of the molecule is CCCCCCCCCCOCC(COC(C)(C)C)OCCOCCOCCOCCOCCOCCOCCOCCOC. The largest absolute Gasteiger partial charge is 0.382 e. The van der Waals surface area contributed by atoms with Crippen molar-refractivity contribution in [3.8, 4) is 0 Å². The summed E-state index contributed by atoms with van der Waals surface area (Å²) < 4.78 is 61.2. The first-order valence-electron chi connectivity index (χ1n) is 17.4. The van der Waals surface area contributed by atoms with Gasteiger partial charge in [-0.15, -0.1) is 0 Å². The first-order valence-corrected chi connectivity index (χ1v) is 17.4. The number of ether oxygens (including phenoxy) is 11. The van der Waals surface area contributed by atoms with Gasteiger partial charge in [0.15, 0.2) is 0 Å². The van der Waals surface area contributed by atoms with Gasteiger partial charge in [-0.2, -0.15) is 0 Å². The predicted octanol–water partition coefficient (Wildman–Crippen LogP) is 5.11. The van der Waals surface area contributed by atoms with Gasteiger partial charge in [-0.05, 0) is 27.2 Å². The van der Waals surface area contributed by atoms with E-state index in [0.29, 0.717) is 119 Å². The van der Waals surface area contributed by atoms with Crippen molar-refractivity contribution in [3.63, 3.8) is 0 Å². The lowest BCUT2D eigenvalue weighted by Crippen LogP contribution is -2.32. The quantitative estimate of drug-likeness (QED) is 0.0831. The highest BCUT2D eigenvalue weighted by Crippen LogP contribution is 2.10. The molecule has 0 saturated heterocycles. The summed E-state index contributed by atoms with van der Waals surface area (Å²) in [6.07, 6.45) is 10.2. The molecule has 0 N–H and O–H groups in total. The number of hydrogen-bond donors (Lipinski definition) is 0. The van der Waals surface area contributed by atoms with Crippen molar-refractivity contribution < 1.29 is 52.1 Å². The molecule has 0 aliphatic carbocycles. The number of unbranched alkanes of at least 4 members (excludes halogenated alkanes) is 7. The van der Waals surface area contributed by atoms with E-state index in [-0.39, 0.29) is 11.7 Å². The van der Waals surface area contributed by atoms with Crippen LogP contribution < -0.4 is 0 Å². The van der Waals surface area contributed by atoms with Gasteiger partial charge in [-0.1, -0.05) is 51.9 Å². The van der Waals surface area contributed by atoms with Crippen molar-refractivity contribution in [1.82, 2.24) is 0 Å². The molecule has 272 valence electrons. The summed E-state index contributed by atoms with van der Waals surface area (Å²) in [6.45, 7) is 18.7. The molecule has 45 heavy (non-hydrogen) atoms. The Morgan fingerprint density at radius 1 is 0.400 bits per heavy atom. The van der Waals surface area contributed by atoms with Crippen molar-refractivity contribution in [2.75, 3.05) is 133 Å². The lowest BCUT2D eigenvalue weighted by atomic mass is 10.1. The minimum absolute atomic E-state index is 0.103. The zero-order valence-electron chi connectivity index (χ0n) is 29.7. The Balaban J connectivity index is 3.51. The third-order valence-electron chi connectivity index (χ3n) is 6.39. The van der Waals surface area contributed by atoms with Crippen LogP contribution in [0.1, 0.15) is 79.1 Å². The second kappa shape index (κ2) is 36.4. The molecule has 0 spiro atoms. The van der Waals surface area contributed by atoms with Gasteiger partial charge in [-0.3, -0.25) is 0 Å². The van der Waals surface area contributed by atoms with E-state index in [2.05, 4.69) is 27.7 Å². The molecular weight excluding hydrogens is 584 g/mol. The van der Waals surface area contributed by atoms with Crippen LogP contribution in [0.2, 0.25) is 0 Å². The van der Waals surface area contributed by atoms with Crippen molar-refractivity contribution >= 4 is 0 Å². The molecule has 0 heterocycles. The van der Waals surface area contributed by atoms with Gasteiger partial charge in [0.25, 0.3) is 0 Å². The first kappa shape index (κ1) is 44.6. The second-order valence-corrected chi connectivity index (χ2v) is 11.7. The van der Waals surface area contributed by atoms with Crippen LogP contribution in [-0.2, 0) is 52.1 Å². The van der Waals surface area contributed by atoms with Crippen LogP contribution in [0.25, 0.3) is 0 Å². The molecule has 0 rings (SSSR count). The van der Waals surface area contributed by atoms with E-state index in [1.807, 2.05) is 0 Å². The molecular formula is C34H70O11. The molecule has 1 atom stereocenters. The van der Waals surface area contributed by atoms with Crippen molar-refractivity contribution in [2.24, 2.45) is 0 Å². The predicted molar refractivity (Wildman–Crippen MR) is 176 cm³/mol. The number of hydrogen-bond acceptors (Lipinski definition) is 11. The molecule has 11 heteroatoms. The molecule has 0 fully saturated rings. The molecule has 0 aromatic rings. The third-order valence-corrected chi connectivity index (χ3v) is 6.39. The van der Waals surface area contributed by atoms with Crippen LogP contribution in [0.4, 0.5) is 0 Å². The summed E-state index contributed by atoms with van der Waals surface area (Å²) in [5, 5.41) is 0. The Morgan fingerprint density at radius 3 is 1.18 bits per heavy atom. The van der Waals surface area contributed by atoms with Gasteiger partial charge in [0, 0.05) is 13.7 Å². The Kier molecular flexibility index (Phi) is 36.0. The highest BCUT2D eigenvalue weighted by Gasteiger charge is 2.16. The maximum absolute atomic E-state index is 6.00. The number of methoxy groups -OCH3 is 1. The Hall–Kier alpha value is -0.440. The van der Waals surface area contributed by atoms with Crippen LogP contribution in [-0.4, -0.2) is 144 Å². The Labute approximate surface area is 275 Å². The zero-order valence-corrected chi connectivity index (χ0v) is 29.7. The van der Waals surface area contributed by atoms with Gasteiger partial charge < -0.3 is 52.1 Å². The van der Waals surface area contributed by atoms with Gasteiger partial charge in [-0.25, -0.2) is 0 Å². The van der Waals surface area contributed by atoms with Gasteiger partial charge >= 0.3 is 0 Å². The van der Waals surface area contributed by atoms with E-state index in [0.717, 1.165) is 13.0 Å². The normalized spacial score (nSPS) is 12.7. The van der Waals surface area contributed by atoms with E-state index < -0.39 is 0 Å². The molecule has 11 nitrogen and oxygen atoms in total. The average molecular weight is 655 g/mol. The first-order chi connectivity index (χ1) is 22.0. The van der Waals surface area contributed by atoms with E-state index in [4.69, 9.17) is 52.1 Å². The standard InChI is InChI=1S/C34H70O11/c1-6-7-8-9-10-11-12-13-14-43-31-33(32-45-34(2,3)4)44-30-29-42-28-27-41-26-25-40-24-23-39-22-21-38-20-19-37-18-17-36-16-15-35-5/h33H,6-32H2,1-5H3. The maximum atomic E-state index is 6.00. The van der Waals surface area contributed by atoms with Crippen molar-refractivity contribution in [2.45, 2.75) is 90.8 Å². The van der Waals surface area contributed by atoms with Gasteiger partial charge in [0.05, 0.1) is 125 Å². The molecule has 0 radical (unpaired) electrons. The molecule has 0 aromatic carbocycles. The van der Waals surface area contributed by atoms with E-state index in [1.165, 1.54) is 44.9 Å². The summed E-state index contributed by atoms with van der Waals surface area (Å²) >= 11 is 0. The second-order valence-electron chi connectivity index (χ2n) is 11.7. The summed E-state index contributed by atoms with van der Waals surface area (Å²) in [5.74, 6) is 0. The minimum atomic E-state index is -0.212. The van der Waals surface area contributed by atoms with Gasteiger partial charge in [0.1, 0.15) is 6.10 Å². The summed E-state index contributed by atoms with van der Waals surface area (Å²) in [5.41, 5.74) is -0.212. The molecule has 0 bridgehead atoms. The highest BCUT2D eigenvalue weighted by molar-refractivity contribution is 4.63. The molecule has 0 amide bonds. The maximum Gasteiger partial charge on any atom is 0.104 e. The smallest absolute Gasteiger partial charge is 0.104 e. The Bertz CT molecular complexity index is 549. The fourth-order valence-electron chi connectivity index (χ4n) is 3.88. The van der Waals surface area contributed by atoms with Crippen molar-refractivity contribution in [3.05, 3.63) is 0 Å². The molecule has 0 aromatic heterocycles. The third kappa shape index (κ3) is 39.7. The molecule has 0 saturated carbocycles. The van der Waals surface area contributed by atoms with Crippen LogP contribution in [0.5, 0.6) is 0 Å². The fraction of sp³-hybridized carbons (Fsp3) is 1.00. The summed E-state index contributed by atoms with van der Waals surface area (Å²) in [4.78, 5) is 0. The average Bonchev–Trinajstić information content (AvgIpc) is 3.02. The molecule has 0 aliphatic heterocycles. The van der Waals surface area contributed by atoms with Crippen LogP contribution in [0, 0.1) is 0 Å². The van der Waals surface area contributed by atoms with Crippen molar-refractivity contribution in [1.29, 1.82) is 0 Å². The Morgan fingerprint density at radius 2 is 0.778 bits per heavy atom. The summed E-state index contributed by atoms with van der Waals surface area (Å²) in [6, 6.07) is 0. The monoisotopic (exact) mass is 654 g/mol. The lowest BCUT2D eigenvalue weighted by Gasteiger charge is -2.24. The zero-order chi connectivity index (χ0) is 32.9. The lowest BCUT2D eigenvalue weighted by molar-refractivity contribution is -0.106. The van der Waals surface area contributed by atoms with E-state index >= 15 is 0 Å².